The molecule has 1 aromatic carbocycles. The van der Waals surface area contributed by atoms with Gasteiger partial charge in [0.05, 0.1) is 4.90 Å². The maximum atomic E-state index is 10.9. The maximum absolute atomic E-state index is 10.9. The topological polar surface area (TPSA) is 60.2 Å². The van der Waals surface area contributed by atoms with Crippen LogP contribution in [0.15, 0.2) is 29.2 Å². The first-order valence-electron chi connectivity index (χ1n) is 4.51. The summed E-state index contributed by atoms with van der Waals surface area (Å²) in [6, 6.07) is 6.71. The van der Waals surface area contributed by atoms with Crippen molar-refractivity contribution < 1.29 is 8.42 Å². The van der Waals surface area contributed by atoms with E-state index in [2.05, 4.69) is 13.8 Å². The standard InChI is InChI=1S/C10H15NO2S.K.H/c1-8(2)7-9-3-5-10(6-4-9)14(11,12)13;;/h3-6,8H,7H2,1-2H3,(H2,11,12,13);;. The Hall–Kier alpha value is 0.766. The van der Waals surface area contributed by atoms with Gasteiger partial charge in [-0.1, -0.05) is 26.0 Å². The van der Waals surface area contributed by atoms with Crippen LogP contribution in [0.2, 0.25) is 0 Å². The summed E-state index contributed by atoms with van der Waals surface area (Å²) < 4.78 is 21.9. The van der Waals surface area contributed by atoms with Crippen molar-refractivity contribution in [3.8, 4) is 0 Å². The summed E-state index contributed by atoms with van der Waals surface area (Å²) in [5.41, 5.74) is 1.13. The van der Waals surface area contributed by atoms with Crippen molar-refractivity contribution in [3.05, 3.63) is 29.8 Å². The van der Waals surface area contributed by atoms with E-state index in [1.54, 1.807) is 24.3 Å². The molecule has 0 bridgehead atoms. The summed E-state index contributed by atoms with van der Waals surface area (Å²) in [5.74, 6) is 0.565. The first kappa shape index (κ1) is 15.8. The fourth-order valence-electron chi connectivity index (χ4n) is 1.29. The monoisotopic (exact) mass is 253 g/mol. The average Bonchev–Trinajstić information content (AvgIpc) is 2.02. The molecule has 0 amide bonds. The van der Waals surface area contributed by atoms with Crippen LogP contribution in [0.25, 0.3) is 0 Å². The van der Waals surface area contributed by atoms with Crippen molar-refractivity contribution in [2.45, 2.75) is 25.2 Å². The molecule has 15 heavy (non-hydrogen) atoms. The third kappa shape index (κ3) is 5.58. The summed E-state index contributed by atoms with van der Waals surface area (Å²) in [6.45, 7) is 4.24. The van der Waals surface area contributed by atoms with Crippen LogP contribution in [-0.4, -0.2) is 59.8 Å². The van der Waals surface area contributed by atoms with Gasteiger partial charge in [-0.15, -0.1) is 0 Å². The van der Waals surface area contributed by atoms with Gasteiger partial charge < -0.3 is 0 Å². The molecule has 1 rings (SSSR count). The van der Waals surface area contributed by atoms with E-state index < -0.39 is 10.0 Å². The Morgan fingerprint density at radius 2 is 1.67 bits per heavy atom. The molecule has 0 fully saturated rings. The summed E-state index contributed by atoms with van der Waals surface area (Å²) in [6.07, 6.45) is 0.949. The number of sulfonamides is 1. The minimum atomic E-state index is -3.55. The van der Waals surface area contributed by atoms with Gasteiger partial charge >= 0.3 is 51.4 Å². The fourth-order valence-corrected chi connectivity index (χ4v) is 1.80. The normalized spacial score (nSPS) is 11.2. The first-order chi connectivity index (χ1) is 6.39. The van der Waals surface area contributed by atoms with Gasteiger partial charge in [0, 0.05) is 0 Å². The van der Waals surface area contributed by atoms with Gasteiger partial charge in [0.2, 0.25) is 10.0 Å². The predicted octanol–water partition coefficient (Wildman–Crippen LogP) is 0.884. The average molecular weight is 253 g/mol. The number of benzene rings is 1. The number of nitrogens with two attached hydrogens (primary N) is 1. The van der Waals surface area contributed by atoms with E-state index in [1.165, 1.54) is 0 Å². The molecule has 0 aliphatic rings. The second-order valence-corrected chi connectivity index (χ2v) is 5.35. The van der Waals surface area contributed by atoms with Crippen LogP contribution in [-0.2, 0) is 16.4 Å². The van der Waals surface area contributed by atoms with Gasteiger partial charge in [-0.3, -0.25) is 0 Å². The quantitative estimate of drug-likeness (QED) is 0.813. The molecule has 1 aromatic rings. The number of hydrogen-bond donors (Lipinski definition) is 1. The van der Waals surface area contributed by atoms with E-state index in [1.807, 2.05) is 0 Å². The molecular formula is C10H16KNO2S. The van der Waals surface area contributed by atoms with Crippen LogP contribution in [0.1, 0.15) is 19.4 Å². The van der Waals surface area contributed by atoms with E-state index >= 15 is 0 Å². The molecule has 3 nitrogen and oxygen atoms in total. The zero-order valence-corrected chi connectivity index (χ0v) is 9.21. The van der Waals surface area contributed by atoms with Crippen molar-refractivity contribution in [2.24, 2.45) is 11.1 Å². The number of rotatable bonds is 3. The molecule has 5 heteroatoms. The van der Waals surface area contributed by atoms with Gasteiger partial charge in [-0.05, 0) is 30.0 Å². The second kappa shape index (κ2) is 6.49. The zero-order chi connectivity index (χ0) is 10.8. The zero-order valence-electron chi connectivity index (χ0n) is 8.40. The molecule has 0 atom stereocenters. The van der Waals surface area contributed by atoms with Crippen LogP contribution in [0.3, 0.4) is 0 Å². The molecule has 0 aliphatic carbocycles. The number of primary sulfonamides is 1. The van der Waals surface area contributed by atoms with Crippen LogP contribution < -0.4 is 5.14 Å². The van der Waals surface area contributed by atoms with E-state index in [4.69, 9.17) is 5.14 Å². The van der Waals surface area contributed by atoms with E-state index in [9.17, 15) is 8.42 Å². The number of hydrogen-bond acceptors (Lipinski definition) is 2. The predicted molar refractivity (Wildman–Crippen MR) is 63.5 cm³/mol. The van der Waals surface area contributed by atoms with Crippen molar-refractivity contribution >= 4 is 61.4 Å². The Morgan fingerprint density at radius 1 is 1.20 bits per heavy atom. The van der Waals surface area contributed by atoms with Gasteiger partial charge in [0.1, 0.15) is 0 Å². The SMILES string of the molecule is CC(C)Cc1ccc(S(N)(=O)=O)cc1.[KH]. The minimum absolute atomic E-state index is 0. The van der Waals surface area contributed by atoms with Crippen LogP contribution in [0.4, 0.5) is 0 Å². The Balaban J connectivity index is 0.00000196. The summed E-state index contributed by atoms with van der Waals surface area (Å²) >= 11 is 0. The summed E-state index contributed by atoms with van der Waals surface area (Å²) in [4.78, 5) is 0.171. The van der Waals surface area contributed by atoms with Crippen molar-refractivity contribution in [2.75, 3.05) is 0 Å². The van der Waals surface area contributed by atoms with Crippen molar-refractivity contribution in [1.82, 2.24) is 0 Å². The Kier molecular flexibility index (Phi) is 6.82. The third-order valence-electron chi connectivity index (χ3n) is 1.90. The van der Waals surface area contributed by atoms with Crippen molar-refractivity contribution in [3.63, 3.8) is 0 Å². The van der Waals surface area contributed by atoms with Crippen LogP contribution in [0.5, 0.6) is 0 Å². The van der Waals surface area contributed by atoms with E-state index in [0.29, 0.717) is 5.92 Å². The first-order valence-corrected chi connectivity index (χ1v) is 6.06. The Bertz CT molecular complexity index is 398. The molecule has 0 saturated carbocycles. The molecule has 0 aliphatic heterocycles. The molecule has 0 heterocycles. The van der Waals surface area contributed by atoms with E-state index in [0.717, 1.165) is 12.0 Å². The molecule has 80 valence electrons. The molecule has 0 radical (unpaired) electrons. The Labute approximate surface area is 134 Å². The van der Waals surface area contributed by atoms with Gasteiger partial charge in [-0.25, -0.2) is 13.6 Å². The Morgan fingerprint density at radius 3 is 2.00 bits per heavy atom. The molecule has 2 N–H and O–H groups in total. The summed E-state index contributed by atoms with van der Waals surface area (Å²) in [7, 11) is -3.55. The van der Waals surface area contributed by atoms with Gasteiger partial charge in [0.25, 0.3) is 0 Å². The molecule has 0 aromatic heterocycles. The molecular weight excluding hydrogens is 237 g/mol. The second-order valence-electron chi connectivity index (χ2n) is 3.79. The summed E-state index contributed by atoms with van der Waals surface area (Å²) in [5, 5.41) is 4.98. The third-order valence-corrected chi connectivity index (χ3v) is 2.83. The van der Waals surface area contributed by atoms with E-state index in [-0.39, 0.29) is 56.3 Å². The van der Waals surface area contributed by atoms with Crippen LogP contribution in [0, 0.1) is 5.92 Å². The molecule has 0 saturated heterocycles. The molecule has 0 spiro atoms. The molecule has 0 unspecified atom stereocenters. The van der Waals surface area contributed by atoms with Crippen LogP contribution >= 0.6 is 0 Å². The fraction of sp³-hybridized carbons (Fsp3) is 0.400. The van der Waals surface area contributed by atoms with Crippen molar-refractivity contribution in [1.29, 1.82) is 0 Å². The van der Waals surface area contributed by atoms with Gasteiger partial charge in [-0.2, -0.15) is 0 Å². The van der Waals surface area contributed by atoms with Gasteiger partial charge in [0.15, 0.2) is 0 Å².